The molecule has 4 unspecified atom stereocenters. The zero-order valence-corrected chi connectivity index (χ0v) is 12.4. The number of rotatable bonds is 7. The summed E-state index contributed by atoms with van der Waals surface area (Å²) >= 11 is 0. The quantitative estimate of drug-likeness (QED) is 0.733. The summed E-state index contributed by atoms with van der Waals surface area (Å²) in [5.74, 6) is 2.09. The highest BCUT2D eigenvalue weighted by Crippen LogP contribution is 2.33. The monoisotopic (exact) mass is 256 g/mol. The molecule has 0 aromatic carbocycles. The van der Waals surface area contributed by atoms with E-state index in [1.165, 1.54) is 19.3 Å². The van der Waals surface area contributed by atoms with Gasteiger partial charge in [0.25, 0.3) is 0 Å². The second-order valence-corrected chi connectivity index (χ2v) is 6.26. The Bertz CT molecular complexity index is 211. The summed E-state index contributed by atoms with van der Waals surface area (Å²) in [5.41, 5.74) is 6.34. The first-order chi connectivity index (χ1) is 8.58. The molecule has 1 aliphatic carbocycles. The molecular formula is C15H32N2O. The molecule has 3 nitrogen and oxygen atoms in total. The molecule has 0 aromatic heterocycles. The smallest absolute Gasteiger partial charge is 0.0558 e. The number of aliphatic hydroxyl groups excluding tert-OH is 1. The van der Waals surface area contributed by atoms with Crippen LogP contribution >= 0.6 is 0 Å². The van der Waals surface area contributed by atoms with Gasteiger partial charge in [-0.3, -0.25) is 0 Å². The number of hydrogen-bond acceptors (Lipinski definition) is 3. The molecule has 1 saturated carbocycles. The zero-order valence-electron chi connectivity index (χ0n) is 12.4. The van der Waals surface area contributed by atoms with Crippen LogP contribution in [-0.4, -0.2) is 42.3 Å². The normalized spacial score (nSPS) is 33.0. The summed E-state index contributed by atoms with van der Waals surface area (Å²) in [7, 11) is 0. The molecule has 0 amide bonds. The van der Waals surface area contributed by atoms with E-state index < -0.39 is 0 Å². The summed E-state index contributed by atoms with van der Waals surface area (Å²) in [5, 5.41) is 9.17. The van der Waals surface area contributed by atoms with Crippen LogP contribution in [0.15, 0.2) is 0 Å². The Balaban J connectivity index is 2.50. The first kappa shape index (κ1) is 15.9. The van der Waals surface area contributed by atoms with Crippen molar-refractivity contribution in [1.82, 2.24) is 4.90 Å². The second kappa shape index (κ2) is 8.13. The molecular weight excluding hydrogens is 224 g/mol. The molecule has 0 aromatic rings. The average molecular weight is 256 g/mol. The van der Waals surface area contributed by atoms with Crippen molar-refractivity contribution in [2.24, 2.45) is 23.5 Å². The van der Waals surface area contributed by atoms with Gasteiger partial charge in [-0.1, -0.05) is 27.2 Å². The molecule has 108 valence electrons. The van der Waals surface area contributed by atoms with Crippen molar-refractivity contribution in [2.45, 2.75) is 52.5 Å². The van der Waals surface area contributed by atoms with E-state index in [4.69, 9.17) is 10.8 Å². The fraction of sp³-hybridized carbons (Fsp3) is 1.00. The Hall–Kier alpha value is -0.120. The molecule has 0 radical (unpaired) electrons. The molecule has 0 bridgehead atoms. The minimum Gasteiger partial charge on any atom is -0.395 e. The molecule has 0 saturated heterocycles. The first-order valence-electron chi connectivity index (χ1n) is 7.67. The zero-order chi connectivity index (χ0) is 13.5. The van der Waals surface area contributed by atoms with Crippen LogP contribution in [0.4, 0.5) is 0 Å². The lowest BCUT2D eigenvalue weighted by Gasteiger charge is -2.40. The third-order valence-corrected chi connectivity index (χ3v) is 4.44. The fourth-order valence-corrected chi connectivity index (χ4v) is 3.40. The van der Waals surface area contributed by atoms with Gasteiger partial charge >= 0.3 is 0 Å². The summed E-state index contributed by atoms with van der Waals surface area (Å²) < 4.78 is 0. The van der Waals surface area contributed by atoms with Gasteiger partial charge in [0.1, 0.15) is 0 Å². The molecule has 0 heterocycles. The van der Waals surface area contributed by atoms with Gasteiger partial charge in [0, 0.05) is 19.1 Å². The van der Waals surface area contributed by atoms with Crippen LogP contribution in [-0.2, 0) is 0 Å². The predicted octanol–water partition coefficient (Wildman–Crippen LogP) is 2.09. The Labute approximate surface area is 113 Å². The number of unbranched alkanes of at least 4 members (excludes halogenated alkanes) is 1. The summed E-state index contributed by atoms with van der Waals surface area (Å²) in [6.45, 7) is 10.1. The molecule has 4 atom stereocenters. The molecule has 3 N–H and O–H groups in total. The van der Waals surface area contributed by atoms with Crippen LogP contribution in [0.5, 0.6) is 0 Å². The van der Waals surface area contributed by atoms with Crippen molar-refractivity contribution in [1.29, 1.82) is 0 Å². The molecule has 18 heavy (non-hydrogen) atoms. The second-order valence-electron chi connectivity index (χ2n) is 6.26. The minimum atomic E-state index is 0.260. The van der Waals surface area contributed by atoms with Crippen LogP contribution in [0.1, 0.15) is 46.5 Å². The van der Waals surface area contributed by atoms with Crippen molar-refractivity contribution in [2.75, 3.05) is 26.2 Å². The van der Waals surface area contributed by atoms with E-state index in [1.807, 2.05) is 0 Å². The number of nitrogens with two attached hydrogens (primary N) is 1. The fourth-order valence-electron chi connectivity index (χ4n) is 3.40. The average Bonchev–Trinajstić information content (AvgIpc) is 2.30. The van der Waals surface area contributed by atoms with Gasteiger partial charge < -0.3 is 15.7 Å². The third kappa shape index (κ3) is 4.87. The Morgan fingerprint density at radius 2 is 1.94 bits per heavy atom. The number of hydrogen-bond donors (Lipinski definition) is 2. The maximum atomic E-state index is 9.17. The van der Waals surface area contributed by atoms with E-state index in [-0.39, 0.29) is 6.61 Å². The van der Waals surface area contributed by atoms with Crippen molar-refractivity contribution < 1.29 is 5.11 Å². The maximum absolute atomic E-state index is 9.17. The molecule has 3 heteroatoms. The highest BCUT2D eigenvalue weighted by atomic mass is 16.3. The van der Waals surface area contributed by atoms with Crippen molar-refractivity contribution in [3.05, 3.63) is 0 Å². The van der Waals surface area contributed by atoms with E-state index in [0.29, 0.717) is 17.9 Å². The van der Waals surface area contributed by atoms with Gasteiger partial charge in [0.2, 0.25) is 0 Å². The number of nitrogens with zero attached hydrogens (tertiary/aromatic N) is 1. The standard InChI is InChI=1S/C15H32N2O/c1-4-5-6-17(7-8-18)11-14-13(3)9-12(2)10-15(14)16/h12-15,18H,4-11,16H2,1-3H3. The van der Waals surface area contributed by atoms with Gasteiger partial charge in [-0.15, -0.1) is 0 Å². The summed E-state index contributed by atoms with van der Waals surface area (Å²) in [6, 6.07) is 0.339. The van der Waals surface area contributed by atoms with E-state index in [1.54, 1.807) is 0 Å². The lowest BCUT2D eigenvalue weighted by atomic mass is 9.72. The van der Waals surface area contributed by atoms with Crippen LogP contribution < -0.4 is 5.73 Å². The molecule has 1 aliphatic rings. The third-order valence-electron chi connectivity index (χ3n) is 4.44. The Morgan fingerprint density at radius 3 is 2.50 bits per heavy atom. The highest BCUT2D eigenvalue weighted by Gasteiger charge is 2.32. The van der Waals surface area contributed by atoms with Gasteiger partial charge in [-0.2, -0.15) is 0 Å². The first-order valence-corrected chi connectivity index (χ1v) is 7.67. The van der Waals surface area contributed by atoms with Crippen molar-refractivity contribution in [3.8, 4) is 0 Å². The van der Waals surface area contributed by atoms with Crippen LogP contribution in [0.2, 0.25) is 0 Å². The van der Waals surface area contributed by atoms with Crippen molar-refractivity contribution >= 4 is 0 Å². The van der Waals surface area contributed by atoms with Crippen LogP contribution in [0.3, 0.4) is 0 Å². The van der Waals surface area contributed by atoms with Crippen molar-refractivity contribution in [3.63, 3.8) is 0 Å². The van der Waals surface area contributed by atoms with E-state index in [9.17, 15) is 0 Å². The van der Waals surface area contributed by atoms with Gasteiger partial charge in [0.15, 0.2) is 0 Å². The SMILES string of the molecule is CCCCN(CCO)CC1C(C)CC(C)CC1N. The van der Waals surface area contributed by atoms with E-state index in [2.05, 4.69) is 25.7 Å². The Kier molecular flexibility index (Phi) is 7.20. The molecule has 0 aliphatic heterocycles. The highest BCUT2D eigenvalue weighted by molar-refractivity contribution is 4.87. The lowest BCUT2D eigenvalue weighted by molar-refractivity contribution is 0.104. The maximum Gasteiger partial charge on any atom is 0.0558 e. The molecule has 1 fully saturated rings. The van der Waals surface area contributed by atoms with Crippen LogP contribution in [0, 0.1) is 17.8 Å². The summed E-state index contributed by atoms with van der Waals surface area (Å²) in [6.07, 6.45) is 4.90. The number of aliphatic hydroxyl groups is 1. The van der Waals surface area contributed by atoms with Gasteiger partial charge in [0.05, 0.1) is 6.61 Å². The Morgan fingerprint density at radius 1 is 1.22 bits per heavy atom. The largest absolute Gasteiger partial charge is 0.395 e. The summed E-state index contributed by atoms with van der Waals surface area (Å²) in [4.78, 5) is 2.40. The van der Waals surface area contributed by atoms with Crippen LogP contribution in [0.25, 0.3) is 0 Å². The molecule has 1 rings (SSSR count). The van der Waals surface area contributed by atoms with Gasteiger partial charge in [-0.05, 0) is 43.6 Å². The molecule has 0 spiro atoms. The topological polar surface area (TPSA) is 49.5 Å². The van der Waals surface area contributed by atoms with E-state index in [0.717, 1.165) is 32.0 Å². The van der Waals surface area contributed by atoms with Gasteiger partial charge in [-0.25, -0.2) is 0 Å². The van der Waals surface area contributed by atoms with E-state index >= 15 is 0 Å². The predicted molar refractivity (Wildman–Crippen MR) is 77.5 cm³/mol. The lowest BCUT2D eigenvalue weighted by Crippen LogP contribution is -2.47. The minimum absolute atomic E-state index is 0.260.